The zero-order valence-electron chi connectivity index (χ0n) is 10.9. The molecule has 1 aromatic carbocycles. The van der Waals surface area contributed by atoms with Gasteiger partial charge in [0, 0.05) is 13.2 Å². The van der Waals surface area contributed by atoms with Crippen LogP contribution in [0.25, 0.3) is 0 Å². The van der Waals surface area contributed by atoms with E-state index in [0.717, 1.165) is 18.7 Å². The van der Waals surface area contributed by atoms with E-state index >= 15 is 0 Å². The summed E-state index contributed by atoms with van der Waals surface area (Å²) in [5, 5.41) is 12.6. The van der Waals surface area contributed by atoms with E-state index in [0.29, 0.717) is 29.7 Å². The van der Waals surface area contributed by atoms with Crippen molar-refractivity contribution >= 4 is 17.3 Å². The molecule has 98 valence electrons. The Labute approximate surface area is 114 Å². The average molecular weight is 267 g/mol. The second-order valence-corrected chi connectivity index (χ2v) is 4.94. The molecule has 0 aromatic heterocycles. The standard InChI is InChI=1S/C14H19ClN2O/c1-11(2)5-7-18-8-6-17-14-9-12(10-16)3-4-13(14)15/h3-4,9,11,17H,5-8H2,1-2H3. The van der Waals surface area contributed by atoms with Crippen LogP contribution in [0.3, 0.4) is 0 Å². The molecule has 0 aliphatic heterocycles. The first-order valence-electron chi connectivity index (χ1n) is 6.14. The second kappa shape index (κ2) is 7.97. The molecule has 0 bridgehead atoms. The molecule has 0 spiro atoms. The monoisotopic (exact) mass is 266 g/mol. The van der Waals surface area contributed by atoms with E-state index < -0.39 is 0 Å². The van der Waals surface area contributed by atoms with Crippen LogP contribution >= 0.6 is 11.6 Å². The van der Waals surface area contributed by atoms with Crippen LogP contribution in [-0.2, 0) is 4.74 Å². The first-order valence-corrected chi connectivity index (χ1v) is 6.52. The largest absolute Gasteiger partial charge is 0.381 e. The molecule has 0 unspecified atom stereocenters. The lowest BCUT2D eigenvalue weighted by molar-refractivity contribution is 0.132. The number of anilines is 1. The molecule has 4 heteroatoms. The second-order valence-electron chi connectivity index (χ2n) is 4.53. The van der Waals surface area contributed by atoms with Gasteiger partial charge in [-0.05, 0) is 30.5 Å². The highest BCUT2D eigenvalue weighted by Crippen LogP contribution is 2.22. The van der Waals surface area contributed by atoms with Gasteiger partial charge >= 0.3 is 0 Å². The minimum atomic E-state index is 0.600. The Balaban J connectivity index is 2.29. The fourth-order valence-electron chi connectivity index (χ4n) is 1.41. The summed E-state index contributed by atoms with van der Waals surface area (Å²) in [5.74, 6) is 0.666. The van der Waals surface area contributed by atoms with E-state index in [1.807, 2.05) is 0 Å². The third kappa shape index (κ3) is 5.39. The SMILES string of the molecule is CC(C)CCOCCNc1cc(C#N)ccc1Cl. The summed E-state index contributed by atoms with van der Waals surface area (Å²) >= 11 is 6.02. The summed E-state index contributed by atoms with van der Waals surface area (Å²) in [6.45, 7) is 6.46. The number of nitriles is 1. The number of hydrogen-bond donors (Lipinski definition) is 1. The lowest BCUT2D eigenvalue weighted by Gasteiger charge is -2.10. The lowest BCUT2D eigenvalue weighted by Crippen LogP contribution is -2.11. The minimum absolute atomic E-state index is 0.600. The van der Waals surface area contributed by atoms with Crippen molar-refractivity contribution < 1.29 is 4.74 Å². The summed E-state index contributed by atoms with van der Waals surface area (Å²) in [6, 6.07) is 7.26. The van der Waals surface area contributed by atoms with Gasteiger partial charge in [-0.25, -0.2) is 0 Å². The summed E-state index contributed by atoms with van der Waals surface area (Å²) < 4.78 is 5.49. The van der Waals surface area contributed by atoms with Crippen LogP contribution in [0.1, 0.15) is 25.8 Å². The number of rotatable bonds is 7. The number of ether oxygens (including phenoxy) is 1. The van der Waals surface area contributed by atoms with Crippen LogP contribution in [0, 0.1) is 17.2 Å². The van der Waals surface area contributed by atoms with Crippen molar-refractivity contribution in [3.8, 4) is 6.07 Å². The molecule has 18 heavy (non-hydrogen) atoms. The first-order chi connectivity index (χ1) is 8.63. The van der Waals surface area contributed by atoms with Gasteiger partial charge in [-0.1, -0.05) is 25.4 Å². The molecule has 1 rings (SSSR count). The van der Waals surface area contributed by atoms with Crippen LogP contribution < -0.4 is 5.32 Å². The molecule has 3 nitrogen and oxygen atoms in total. The van der Waals surface area contributed by atoms with Gasteiger partial charge in [0.15, 0.2) is 0 Å². The van der Waals surface area contributed by atoms with Crippen molar-refractivity contribution in [2.75, 3.05) is 25.1 Å². The molecule has 0 saturated heterocycles. The van der Waals surface area contributed by atoms with E-state index in [2.05, 4.69) is 25.2 Å². The molecule has 1 aromatic rings. The summed E-state index contributed by atoms with van der Waals surface area (Å²) in [5.41, 5.74) is 1.38. The highest BCUT2D eigenvalue weighted by atomic mass is 35.5. The summed E-state index contributed by atoms with van der Waals surface area (Å²) in [4.78, 5) is 0. The van der Waals surface area contributed by atoms with Crippen LogP contribution in [0.15, 0.2) is 18.2 Å². The Kier molecular flexibility index (Phi) is 6.56. The molecule has 0 saturated carbocycles. The Hall–Kier alpha value is -1.24. The lowest BCUT2D eigenvalue weighted by atomic mass is 10.1. The number of halogens is 1. The quantitative estimate of drug-likeness (QED) is 0.766. The Bertz CT molecular complexity index is 413. The normalized spacial score (nSPS) is 10.4. The van der Waals surface area contributed by atoms with Crippen LogP contribution in [-0.4, -0.2) is 19.8 Å². The van der Waals surface area contributed by atoms with Crippen molar-refractivity contribution in [2.24, 2.45) is 5.92 Å². The van der Waals surface area contributed by atoms with Gasteiger partial charge in [0.2, 0.25) is 0 Å². The third-order valence-corrected chi connectivity index (χ3v) is 2.83. The number of nitrogens with one attached hydrogen (secondary N) is 1. The van der Waals surface area contributed by atoms with Gasteiger partial charge in [-0.2, -0.15) is 5.26 Å². The molecule has 0 fully saturated rings. The maximum Gasteiger partial charge on any atom is 0.0992 e. The minimum Gasteiger partial charge on any atom is -0.381 e. The van der Waals surface area contributed by atoms with Crippen molar-refractivity contribution in [1.29, 1.82) is 5.26 Å². The molecule has 0 heterocycles. The van der Waals surface area contributed by atoms with Crippen molar-refractivity contribution in [2.45, 2.75) is 20.3 Å². The molecule has 0 aliphatic rings. The Morgan fingerprint density at radius 3 is 2.83 bits per heavy atom. The highest BCUT2D eigenvalue weighted by molar-refractivity contribution is 6.33. The zero-order chi connectivity index (χ0) is 13.4. The molecule has 0 atom stereocenters. The predicted octanol–water partition coefficient (Wildman–Crippen LogP) is 3.69. The van der Waals surface area contributed by atoms with Crippen molar-refractivity contribution in [3.05, 3.63) is 28.8 Å². The van der Waals surface area contributed by atoms with E-state index in [1.54, 1.807) is 18.2 Å². The molecule has 0 radical (unpaired) electrons. The van der Waals surface area contributed by atoms with E-state index in [4.69, 9.17) is 21.6 Å². The maximum atomic E-state index is 8.80. The number of nitrogens with zero attached hydrogens (tertiary/aromatic N) is 1. The van der Waals surface area contributed by atoms with Crippen LogP contribution in [0.4, 0.5) is 5.69 Å². The van der Waals surface area contributed by atoms with Crippen LogP contribution in [0.5, 0.6) is 0 Å². The van der Waals surface area contributed by atoms with Crippen molar-refractivity contribution in [1.82, 2.24) is 0 Å². The van der Waals surface area contributed by atoms with Crippen molar-refractivity contribution in [3.63, 3.8) is 0 Å². The Morgan fingerprint density at radius 2 is 2.17 bits per heavy atom. The molecule has 0 aliphatic carbocycles. The van der Waals surface area contributed by atoms with Gasteiger partial charge in [-0.3, -0.25) is 0 Å². The summed E-state index contributed by atoms with van der Waals surface area (Å²) in [6.07, 6.45) is 1.07. The predicted molar refractivity (Wildman–Crippen MR) is 74.9 cm³/mol. The number of hydrogen-bond acceptors (Lipinski definition) is 3. The molecule has 1 N–H and O–H groups in total. The van der Waals surface area contributed by atoms with Crippen LogP contribution in [0.2, 0.25) is 5.02 Å². The van der Waals surface area contributed by atoms with E-state index in [-0.39, 0.29) is 0 Å². The zero-order valence-corrected chi connectivity index (χ0v) is 11.6. The summed E-state index contributed by atoms with van der Waals surface area (Å²) in [7, 11) is 0. The molecular weight excluding hydrogens is 248 g/mol. The van der Waals surface area contributed by atoms with Gasteiger partial charge in [0.1, 0.15) is 0 Å². The highest BCUT2D eigenvalue weighted by Gasteiger charge is 2.01. The van der Waals surface area contributed by atoms with E-state index in [1.165, 1.54) is 0 Å². The number of benzene rings is 1. The fraction of sp³-hybridized carbons (Fsp3) is 0.500. The van der Waals surface area contributed by atoms with Gasteiger partial charge in [-0.15, -0.1) is 0 Å². The van der Waals surface area contributed by atoms with E-state index in [9.17, 15) is 0 Å². The molecular formula is C14H19ClN2O. The molecule has 0 amide bonds. The topological polar surface area (TPSA) is 45.0 Å². The van der Waals surface area contributed by atoms with Gasteiger partial charge in [0.05, 0.1) is 28.9 Å². The maximum absolute atomic E-state index is 8.80. The fourth-order valence-corrected chi connectivity index (χ4v) is 1.59. The average Bonchev–Trinajstić information content (AvgIpc) is 2.35. The first kappa shape index (κ1) is 14.8. The Morgan fingerprint density at radius 1 is 1.39 bits per heavy atom. The third-order valence-electron chi connectivity index (χ3n) is 2.50. The smallest absolute Gasteiger partial charge is 0.0992 e. The van der Waals surface area contributed by atoms with Gasteiger partial charge in [0.25, 0.3) is 0 Å². The van der Waals surface area contributed by atoms with Gasteiger partial charge < -0.3 is 10.1 Å².